The van der Waals surface area contributed by atoms with Crippen molar-refractivity contribution in [3.63, 3.8) is 0 Å². The summed E-state index contributed by atoms with van der Waals surface area (Å²) in [6.07, 6.45) is 6.42. The molecule has 26 heavy (non-hydrogen) atoms. The Kier molecular flexibility index (Phi) is 10.4. The SMILES string of the molecule is CN(C)C1CCNCC1.Sc1cc(Br)ccc1OCCCN1CCCC1. The summed E-state index contributed by atoms with van der Waals surface area (Å²) >= 11 is 7.80. The van der Waals surface area contributed by atoms with E-state index in [1.54, 1.807) is 0 Å². The number of hydrogen-bond acceptors (Lipinski definition) is 5. The van der Waals surface area contributed by atoms with Crippen LogP contribution in [0.5, 0.6) is 5.75 Å². The first-order chi connectivity index (χ1) is 12.6. The smallest absolute Gasteiger partial charge is 0.132 e. The zero-order valence-electron chi connectivity index (χ0n) is 16.2. The van der Waals surface area contributed by atoms with E-state index in [1.165, 1.54) is 51.9 Å². The second-order valence-electron chi connectivity index (χ2n) is 7.31. The van der Waals surface area contributed by atoms with Gasteiger partial charge < -0.3 is 19.9 Å². The van der Waals surface area contributed by atoms with Crippen molar-refractivity contribution >= 4 is 28.6 Å². The van der Waals surface area contributed by atoms with E-state index in [0.717, 1.165) is 40.7 Å². The van der Waals surface area contributed by atoms with Crippen molar-refractivity contribution in [2.24, 2.45) is 0 Å². The molecule has 4 nitrogen and oxygen atoms in total. The van der Waals surface area contributed by atoms with Crippen LogP contribution in [-0.2, 0) is 0 Å². The number of thiol groups is 1. The van der Waals surface area contributed by atoms with Crippen LogP contribution in [0.25, 0.3) is 0 Å². The lowest BCUT2D eigenvalue weighted by atomic mass is 10.1. The van der Waals surface area contributed by atoms with E-state index in [0.29, 0.717) is 0 Å². The van der Waals surface area contributed by atoms with Gasteiger partial charge in [-0.3, -0.25) is 0 Å². The van der Waals surface area contributed by atoms with Gasteiger partial charge in [0.25, 0.3) is 0 Å². The third kappa shape index (κ3) is 8.17. The van der Waals surface area contributed by atoms with Crippen LogP contribution in [-0.4, -0.2) is 69.3 Å². The van der Waals surface area contributed by atoms with Crippen molar-refractivity contribution in [1.82, 2.24) is 15.1 Å². The molecule has 1 aromatic carbocycles. The highest BCUT2D eigenvalue weighted by molar-refractivity contribution is 9.10. The number of halogens is 1. The van der Waals surface area contributed by atoms with Crippen molar-refractivity contribution < 1.29 is 4.74 Å². The van der Waals surface area contributed by atoms with Crippen LogP contribution in [0.15, 0.2) is 27.6 Å². The van der Waals surface area contributed by atoms with E-state index in [2.05, 4.69) is 57.8 Å². The molecule has 0 unspecified atom stereocenters. The number of nitrogens with one attached hydrogen (secondary N) is 1. The number of nitrogens with zero attached hydrogens (tertiary/aromatic N) is 2. The van der Waals surface area contributed by atoms with Gasteiger partial charge in [0.1, 0.15) is 5.75 Å². The molecule has 1 aromatic rings. The first-order valence-corrected chi connectivity index (χ1v) is 11.0. The summed E-state index contributed by atoms with van der Waals surface area (Å²) in [7, 11) is 4.33. The predicted octanol–water partition coefficient (Wildman–Crippen LogP) is 3.90. The van der Waals surface area contributed by atoms with Crippen LogP contribution >= 0.6 is 28.6 Å². The summed E-state index contributed by atoms with van der Waals surface area (Å²) in [4.78, 5) is 5.72. The molecule has 0 bridgehead atoms. The molecule has 3 rings (SSSR count). The number of ether oxygens (including phenoxy) is 1. The summed E-state index contributed by atoms with van der Waals surface area (Å²) in [5, 5.41) is 3.34. The highest BCUT2D eigenvalue weighted by Gasteiger charge is 2.13. The fourth-order valence-corrected chi connectivity index (χ4v) is 4.23. The Balaban J connectivity index is 0.000000228. The third-order valence-electron chi connectivity index (χ3n) is 5.03. The molecular weight excluding hydrogens is 410 g/mol. The molecule has 0 atom stereocenters. The summed E-state index contributed by atoms with van der Waals surface area (Å²) in [5.74, 6) is 0.873. The van der Waals surface area contributed by atoms with Gasteiger partial charge in [-0.05, 0) is 90.6 Å². The molecule has 2 saturated heterocycles. The average Bonchev–Trinajstić information content (AvgIpc) is 3.15. The van der Waals surface area contributed by atoms with Gasteiger partial charge in [0.2, 0.25) is 0 Å². The summed E-state index contributed by atoms with van der Waals surface area (Å²) < 4.78 is 6.76. The molecule has 0 aromatic heterocycles. The van der Waals surface area contributed by atoms with Crippen molar-refractivity contribution in [1.29, 1.82) is 0 Å². The van der Waals surface area contributed by atoms with Gasteiger partial charge in [-0.2, -0.15) is 0 Å². The predicted molar refractivity (Wildman–Crippen MR) is 117 cm³/mol. The molecule has 2 fully saturated rings. The number of piperidine rings is 1. The molecular formula is C20H34BrN3OS. The van der Waals surface area contributed by atoms with Gasteiger partial charge in [0, 0.05) is 22.0 Å². The van der Waals surface area contributed by atoms with E-state index in [1.807, 2.05) is 18.2 Å². The number of hydrogen-bond donors (Lipinski definition) is 2. The first-order valence-electron chi connectivity index (χ1n) is 9.77. The molecule has 2 aliphatic rings. The van der Waals surface area contributed by atoms with Crippen LogP contribution in [0.3, 0.4) is 0 Å². The molecule has 148 valence electrons. The second-order valence-corrected chi connectivity index (χ2v) is 8.71. The minimum Gasteiger partial charge on any atom is -0.492 e. The Morgan fingerprint density at radius 3 is 2.50 bits per heavy atom. The largest absolute Gasteiger partial charge is 0.492 e. The zero-order valence-corrected chi connectivity index (χ0v) is 18.7. The van der Waals surface area contributed by atoms with Crippen molar-refractivity contribution in [2.75, 3.05) is 53.4 Å². The zero-order chi connectivity index (χ0) is 18.8. The summed E-state index contributed by atoms with van der Waals surface area (Å²) in [6.45, 7) is 6.84. The third-order valence-corrected chi connectivity index (χ3v) is 5.88. The molecule has 0 amide bonds. The fraction of sp³-hybridized carbons (Fsp3) is 0.700. The Morgan fingerprint density at radius 2 is 1.92 bits per heavy atom. The van der Waals surface area contributed by atoms with Crippen LogP contribution in [0.1, 0.15) is 32.1 Å². The topological polar surface area (TPSA) is 27.7 Å². The number of benzene rings is 1. The first kappa shape index (κ1) is 22.0. The minimum atomic E-state index is 0.770. The summed E-state index contributed by atoms with van der Waals surface area (Å²) in [6, 6.07) is 6.72. The van der Waals surface area contributed by atoms with Crippen molar-refractivity contribution in [3.8, 4) is 5.75 Å². The molecule has 0 radical (unpaired) electrons. The van der Waals surface area contributed by atoms with Crippen LogP contribution in [0.4, 0.5) is 0 Å². The molecule has 2 aliphatic heterocycles. The van der Waals surface area contributed by atoms with Gasteiger partial charge in [0.15, 0.2) is 0 Å². The highest BCUT2D eigenvalue weighted by atomic mass is 79.9. The summed E-state index contributed by atoms with van der Waals surface area (Å²) in [5.41, 5.74) is 0. The fourth-order valence-electron chi connectivity index (χ4n) is 3.41. The maximum atomic E-state index is 5.73. The normalized spacial score (nSPS) is 18.7. The van der Waals surface area contributed by atoms with Gasteiger partial charge in [0.05, 0.1) is 6.61 Å². The Morgan fingerprint density at radius 1 is 1.23 bits per heavy atom. The van der Waals surface area contributed by atoms with Crippen LogP contribution in [0.2, 0.25) is 0 Å². The van der Waals surface area contributed by atoms with E-state index >= 15 is 0 Å². The highest BCUT2D eigenvalue weighted by Crippen LogP contribution is 2.26. The standard InChI is InChI=1S/C13H18BrNOS.C7H16N2/c14-11-4-5-12(13(17)10-11)16-9-3-8-15-6-1-2-7-15;1-9(2)7-3-5-8-6-4-7/h4-5,10,17H,1-3,6-9H2;7-8H,3-6H2,1-2H3. The minimum absolute atomic E-state index is 0.770. The van der Waals surface area contributed by atoms with Gasteiger partial charge in [-0.15, -0.1) is 12.6 Å². The average molecular weight is 444 g/mol. The molecule has 1 N–H and O–H groups in total. The van der Waals surface area contributed by atoms with Crippen LogP contribution < -0.4 is 10.1 Å². The van der Waals surface area contributed by atoms with E-state index in [4.69, 9.17) is 4.74 Å². The molecule has 0 spiro atoms. The van der Waals surface area contributed by atoms with E-state index < -0.39 is 0 Å². The van der Waals surface area contributed by atoms with Gasteiger partial charge >= 0.3 is 0 Å². The lowest BCUT2D eigenvalue weighted by molar-refractivity contribution is 0.238. The van der Waals surface area contributed by atoms with Crippen LogP contribution in [0, 0.1) is 0 Å². The van der Waals surface area contributed by atoms with Crippen molar-refractivity contribution in [3.05, 3.63) is 22.7 Å². The van der Waals surface area contributed by atoms with Gasteiger partial charge in [-0.25, -0.2) is 0 Å². The Labute approximate surface area is 173 Å². The monoisotopic (exact) mass is 443 g/mol. The van der Waals surface area contributed by atoms with Gasteiger partial charge in [-0.1, -0.05) is 15.9 Å². The maximum absolute atomic E-state index is 5.73. The quantitative estimate of drug-likeness (QED) is 0.514. The molecule has 0 saturated carbocycles. The molecule has 0 aliphatic carbocycles. The second kappa shape index (κ2) is 12.2. The molecule has 6 heteroatoms. The van der Waals surface area contributed by atoms with Crippen molar-refractivity contribution in [2.45, 2.75) is 43.0 Å². The molecule has 2 heterocycles. The van der Waals surface area contributed by atoms with E-state index in [-0.39, 0.29) is 0 Å². The lowest BCUT2D eigenvalue weighted by Crippen LogP contribution is -2.39. The Hall–Kier alpha value is -0.270. The maximum Gasteiger partial charge on any atom is 0.132 e. The lowest BCUT2D eigenvalue weighted by Gasteiger charge is -2.28. The number of likely N-dealkylation sites (tertiary alicyclic amines) is 1. The Bertz CT molecular complexity index is 518. The number of rotatable bonds is 6. The van der Waals surface area contributed by atoms with E-state index in [9.17, 15) is 0 Å².